The SMILES string of the molecule is CCCC(C)CC.CCCC(CC)CC(C)CC. The van der Waals surface area contributed by atoms with Crippen LogP contribution in [0.3, 0.4) is 0 Å². The molecule has 0 heterocycles. The second-order valence-electron chi connectivity index (χ2n) is 6.11. The Balaban J connectivity index is 0. The van der Waals surface area contributed by atoms with Crippen molar-refractivity contribution in [1.29, 1.82) is 0 Å². The fourth-order valence-corrected chi connectivity index (χ4v) is 2.33. The van der Waals surface area contributed by atoms with Crippen molar-refractivity contribution in [3.05, 3.63) is 0 Å². The van der Waals surface area contributed by atoms with Gasteiger partial charge < -0.3 is 0 Å². The average molecular weight is 257 g/mol. The molecule has 0 aliphatic carbocycles. The molecule has 0 aromatic carbocycles. The van der Waals surface area contributed by atoms with E-state index in [1.54, 1.807) is 0 Å². The first-order valence-corrected chi connectivity index (χ1v) is 8.55. The Morgan fingerprint density at radius 3 is 1.39 bits per heavy atom. The molecule has 0 spiro atoms. The molecule has 3 unspecified atom stereocenters. The van der Waals surface area contributed by atoms with Crippen LogP contribution in [-0.4, -0.2) is 0 Å². The molecule has 0 radical (unpaired) electrons. The molecule has 0 fully saturated rings. The highest BCUT2D eigenvalue weighted by molar-refractivity contribution is 4.60. The predicted octanol–water partition coefficient (Wildman–Crippen LogP) is 7.08. The molecule has 0 heteroatoms. The summed E-state index contributed by atoms with van der Waals surface area (Å²) in [7, 11) is 0. The van der Waals surface area contributed by atoms with E-state index < -0.39 is 0 Å². The molecule has 0 aromatic heterocycles. The molecule has 3 atom stereocenters. The first-order valence-electron chi connectivity index (χ1n) is 8.55. The topological polar surface area (TPSA) is 0 Å². The lowest BCUT2D eigenvalue weighted by atomic mass is 9.89. The van der Waals surface area contributed by atoms with Crippen LogP contribution in [0.5, 0.6) is 0 Å². The predicted molar refractivity (Wildman–Crippen MR) is 87.1 cm³/mol. The van der Waals surface area contributed by atoms with Gasteiger partial charge in [0.1, 0.15) is 0 Å². The molecule has 0 bridgehead atoms. The Kier molecular flexibility index (Phi) is 17.0. The van der Waals surface area contributed by atoms with Crippen molar-refractivity contribution in [3.63, 3.8) is 0 Å². The van der Waals surface area contributed by atoms with Gasteiger partial charge in [-0.05, 0) is 24.2 Å². The van der Waals surface area contributed by atoms with Crippen molar-refractivity contribution < 1.29 is 0 Å². The third-order valence-corrected chi connectivity index (χ3v) is 4.19. The van der Waals surface area contributed by atoms with E-state index in [-0.39, 0.29) is 0 Å². The summed E-state index contributed by atoms with van der Waals surface area (Å²) in [6.45, 7) is 16.1. The maximum absolute atomic E-state index is 2.37. The second kappa shape index (κ2) is 15.1. The summed E-state index contributed by atoms with van der Waals surface area (Å²) in [6, 6.07) is 0. The largest absolute Gasteiger partial charge is 0.0654 e. The van der Waals surface area contributed by atoms with E-state index in [4.69, 9.17) is 0 Å². The molecule has 0 N–H and O–H groups in total. The van der Waals surface area contributed by atoms with Gasteiger partial charge in [-0.25, -0.2) is 0 Å². The molecule has 112 valence electrons. The third-order valence-electron chi connectivity index (χ3n) is 4.19. The van der Waals surface area contributed by atoms with Gasteiger partial charge in [0.15, 0.2) is 0 Å². The molecular formula is C18H40. The molecule has 0 amide bonds. The zero-order valence-electron chi connectivity index (χ0n) is 14.4. The average Bonchev–Trinajstić information content (AvgIpc) is 2.38. The summed E-state index contributed by atoms with van der Waals surface area (Å²) in [5.41, 5.74) is 0. The van der Waals surface area contributed by atoms with E-state index in [1.807, 2.05) is 0 Å². The zero-order chi connectivity index (χ0) is 14.4. The summed E-state index contributed by atoms with van der Waals surface area (Å²) >= 11 is 0. The van der Waals surface area contributed by atoms with Crippen molar-refractivity contribution in [2.24, 2.45) is 17.8 Å². The van der Waals surface area contributed by atoms with Gasteiger partial charge in [0.05, 0.1) is 0 Å². The molecule has 0 nitrogen and oxygen atoms in total. The van der Waals surface area contributed by atoms with Gasteiger partial charge in [-0.2, -0.15) is 0 Å². The summed E-state index contributed by atoms with van der Waals surface area (Å²) in [4.78, 5) is 0. The quantitative estimate of drug-likeness (QED) is 0.413. The highest BCUT2D eigenvalue weighted by Gasteiger charge is 2.08. The van der Waals surface area contributed by atoms with Gasteiger partial charge in [0.2, 0.25) is 0 Å². The fraction of sp³-hybridized carbons (Fsp3) is 1.00. The van der Waals surface area contributed by atoms with Crippen molar-refractivity contribution >= 4 is 0 Å². The van der Waals surface area contributed by atoms with E-state index in [9.17, 15) is 0 Å². The summed E-state index contributed by atoms with van der Waals surface area (Å²) < 4.78 is 0. The molecule has 0 aromatic rings. The number of rotatable bonds is 9. The third kappa shape index (κ3) is 14.1. The molecular weight excluding hydrogens is 216 g/mol. The van der Waals surface area contributed by atoms with Crippen LogP contribution in [-0.2, 0) is 0 Å². The van der Waals surface area contributed by atoms with E-state index in [2.05, 4.69) is 48.5 Å². The summed E-state index contributed by atoms with van der Waals surface area (Å²) in [6.07, 6.45) is 11.0. The van der Waals surface area contributed by atoms with Crippen molar-refractivity contribution in [1.82, 2.24) is 0 Å². The van der Waals surface area contributed by atoms with E-state index in [0.29, 0.717) is 0 Å². The van der Waals surface area contributed by atoms with Gasteiger partial charge in [-0.15, -0.1) is 0 Å². The van der Waals surface area contributed by atoms with Crippen LogP contribution in [0.2, 0.25) is 0 Å². The fourth-order valence-electron chi connectivity index (χ4n) is 2.33. The van der Waals surface area contributed by atoms with Gasteiger partial charge in [0, 0.05) is 0 Å². The minimum absolute atomic E-state index is 0.937. The van der Waals surface area contributed by atoms with Crippen molar-refractivity contribution in [2.45, 2.75) is 99.8 Å². The molecule has 0 saturated carbocycles. The van der Waals surface area contributed by atoms with Gasteiger partial charge in [0.25, 0.3) is 0 Å². The highest BCUT2D eigenvalue weighted by Crippen LogP contribution is 2.21. The first kappa shape index (κ1) is 20.3. The van der Waals surface area contributed by atoms with Gasteiger partial charge >= 0.3 is 0 Å². The van der Waals surface area contributed by atoms with Crippen LogP contribution in [0, 0.1) is 17.8 Å². The number of hydrogen-bond donors (Lipinski definition) is 0. The maximum atomic E-state index is 2.37. The van der Waals surface area contributed by atoms with Crippen LogP contribution in [0.1, 0.15) is 99.8 Å². The summed E-state index contributed by atoms with van der Waals surface area (Å²) in [5, 5.41) is 0. The lowest BCUT2D eigenvalue weighted by Gasteiger charge is -2.17. The van der Waals surface area contributed by atoms with Crippen LogP contribution in [0.15, 0.2) is 0 Å². The van der Waals surface area contributed by atoms with E-state index in [1.165, 1.54) is 51.4 Å². The smallest absolute Gasteiger partial charge is 0.0414 e. The Labute approximate surface area is 118 Å². The highest BCUT2D eigenvalue weighted by atomic mass is 14.1. The van der Waals surface area contributed by atoms with E-state index >= 15 is 0 Å². The van der Waals surface area contributed by atoms with Crippen molar-refractivity contribution in [2.75, 3.05) is 0 Å². The molecule has 18 heavy (non-hydrogen) atoms. The Bertz CT molecular complexity index is 139. The van der Waals surface area contributed by atoms with Crippen LogP contribution in [0.4, 0.5) is 0 Å². The Hall–Kier alpha value is 0. The van der Waals surface area contributed by atoms with Crippen LogP contribution in [0.25, 0.3) is 0 Å². The standard InChI is InChI=1S/C11H24.C7H16/c1-5-8-11(7-3)9-10(4)6-2;1-4-6-7(3)5-2/h10-11H,5-9H2,1-4H3;7H,4-6H2,1-3H3. The second-order valence-corrected chi connectivity index (χ2v) is 6.11. The first-order chi connectivity index (χ1) is 8.55. The van der Waals surface area contributed by atoms with E-state index in [0.717, 1.165) is 17.8 Å². The Morgan fingerprint density at radius 1 is 0.611 bits per heavy atom. The zero-order valence-corrected chi connectivity index (χ0v) is 14.4. The minimum atomic E-state index is 0.937. The maximum Gasteiger partial charge on any atom is -0.0414 e. The minimum Gasteiger partial charge on any atom is -0.0654 e. The molecule has 0 rings (SSSR count). The summed E-state index contributed by atoms with van der Waals surface area (Å²) in [5.74, 6) is 2.88. The lowest BCUT2D eigenvalue weighted by Crippen LogP contribution is -2.04. The molecule has 0 aliphatic heterocycles. The number of hydrogen-bond acceptors (Lipinski definition) is 0. The molecule has 0 saturated heterocycles. The normalized spacial score (nSPS) is 15.5. The van der Waals surface area contributed by atoms with Crippen molar-refractivity contribution in [3.8, 4) is 0 Å². The monoisotopic (exact) mass is 256 g/mol. The molecule has 0 aliphatic rings. The van der Waals surface area contributed by atoms with Gasteiger partial charge in [-0.1, -0.05) is 93.4 Å². The Morgan fingerprint density at radius 2 is 1.11 bits per heavy atom. The lowest BCUT2D eigenvalue weighted by molar-refractivity contribution is 0.352. The van der Waals surface area contributed by atoms with Crippen LogP contribution < -0.4 is 0 Å². The van der Waals surface area contributed by atoms with Crippen LogP contribution >= 0.6 is 0 Å². The van der Waals surface area contributed by atoms with Gasteiger partial charge in [-0.3, -0.25) is 0 Å².